The molecule has 0 bridgehead atoms. The van der Waals surface area contributed by atoms with Crippen LogP contribution < -0.4 is 0 Å². The van der Waals surface area contributed by atoms with Gasteiger partial charge in [-0.15, -0.1) is 0 Å². The summed E-state index contributed by atoms with van der Waals surface area (Å²) < 4.78 is 0. The minimum atomic E-state index is -2.62. The zero-order chi connectivity index (χ0) is 12.5. The molecule has 0 aromatic heterocycles. The highest BCUT2D eigenvalue weighted by molar-refractivity contribution is 5.27. The molecule has 1 aliphatic rings. The van der Waals surface area contributed by atoms with Crippen LogP contribution in [0.1, 0.15) is 13.3 Å². The Morgan fingerprint density at radius 2 is 1.69 bits per heavy atom. The van der Waals surface area contributed by atoms with Crippen molar-refractivity contribution in [2.75, 3.05) is 0 Å². The molecule has 86 valence electrons. The van der Waals surface area contributed by atoms with Crippen molar-refractivity contribution in [1.82, 2.24) is 0 Å². The normalized spacial score (nSPS) is 18.3. The average Bonchev–Trinajstić information content (AvgIpc) is 2.17. The average molecular weight is 229 g/mol. The number of nitrogens with zero attached hydrogens (tertiary/aromatic N) is 3. The van der Waals surface area contributed by atoms with Crippen molar-refractivity contribution in [2.45, 2.75) is 19.0 Å². The van der Waals surface area contributed by atoms with Crippen molar-refractivity contribution >= 4 is 0 Å². The van der Waals surface area contributed by atoms with E-state index in [0.29, 0.717) is 0 Å². The fraction of sp³-hybridized carbons (Fsp3) is 0.429. The maximum absolute atomic E-state index is 10.7. The molecule has 0 saturated heterocycles. The summed E-state index contributed by atoms with van der Waals surface area (Å²) in [4.78, 5) is 28.8. The smallest absolute Gasteiger partial charge is 0.259 e. The molecule has 0 heterocycles. The predicted octanol–water partition coefficient (Wildman–Crippen LogP) is 0.747. The molecule has 0 unspecified atom stereocenters. The summed E-state index contributed by atoms with van der Waals surface area (Å²) in [6, 6.07) is 0. The number of nitro groups is 3. The summed E-state index contributed by atoms with van der Waals surface area (Å²) >= 11 is 0. The summed E-state index contributed by atoms with van der Waals surface area (Å²) in [5.41, 5.74) is -2.94. The molecule has 1 aliphatic carbocycles. The summed E-state index contributed by atoms with van der Waals surface area (Å²) in [6.07, 6.45) is 0.963. The Kier molecular flexibility index (Phi) is 2.70. The lowest BCUT2D eigenvalue weighted by atomic mass is 9.95. The molecule has 0 fully saturated rings. The van der Waals surface area contributed by atoms with Crippen LogP contribution in [-0.2, 0) is 0 Å². The van der Waals surface area contributed by atoms with E-state index >= 15 is 0 Å². The molecule has 0 atom stereocenters. The Morgan fingerprint density at radius 3 is 2.06 bits per heavy atom. The van der Waals surface area contributed by atoms with Gasteiger partial charge in [0.15, 0.2) is 6.42 Å². The van der Waals surface area contributed by atoms with Crippen LogP contribution >= 0.6 is 0 Å². The Labute approximate surface area is 88.5 Å². The molecule has 0 spiro atoms. The van der Waals surface area contributed by atoms with Crippen molar-refractivity contribution in [2.24, 2.45) is 0 Å². The lowest BCUT2D eigenvalue weighted by molar-refractivity contribution is -0.782. The van der Waals surface area contributed by atoms with Crippen molar-refractivity contribution in [3.8, 4) is 0 Å². The quantitative estimate of drug-likeness (QED) is 0.398. The highest BCUT2D eigenvalue weighted by atomic mass is 16.7. The number of hydrogen-bond donors (Lipinski definition) is 0. The van der Waals surface area contributed by atoms with E-state index in [1.54, 1.807) is 0 Å². The fourth-order valence-corrected chi connectivity index (χ4v) is 1.33. The first-order valence-electron chi connectivity index (χ1n) is 4.13. The van der Waals surface area contributed by atoms with Crippen LogP contribution in [0.2, 0.25) is 0 Å². The maximum Gasteiger partial charge on any atom is 0.488 e. The van der Waals surface area contributed by atoms with Crippen molar-refractivity contribution < 1.29 is 14.8 Å². The molecule has 0 aliphatic heterocycles. The van der Waals surface area contributed by atoms with Gasteiger partial charge in [0.2, 0.25) is 0 Å². The van der Waals surface area contributed by atoms with E-state index in [9.17, 15) is 30.3 Å². The molecule has 16 heavy (non-hydrogen) atoms. The maximum atomic E-state index is 10.7. The SMILES string of the molecule is CC1=C([N+](=O)[O-])CC([N+](=O)[O-])([N+](=O)[O-])C=C1. The first-order chi connectivity index (χ1) is 7.31. The first kappa shape index (κ1) is 11.8. The van der Waals surface area contributed by atoms with E-state index in [-0.39, 0.29) is 5.57 Å². The van der Waals surface area contributed by atoms with Crippen LogP contribution in [0, 0.1) is 30.3 Å². The molecule has 0 saturated carbocycles. The van der Waals surface area contributed by atoms with E-state index in [1.807, 2.05) is 0 Å². The van der Waals surface area contributed by atoms with Gasteiger partial charge in [-0.05, 0) is 13.0 Å². The summed E-state index contributed by atoms with van der Waals surface area (Å²) in [5.74, 6) is 0. The standard InChI is InChI=1S/C7H7N3O6/c1-5-2-3-7(9(13)14,10(15)16)4-6(5)8(11)12/h2-3H,4H2,1H3. The van der Waals surface area contributed by atoms with E-state index in [2.05, 4.69) is 0 Å². The number of allylic oxidation sites excluding steroid dienone is 2. The fourth-order valence-electron chi connectivity index (χ4n) is 1.33. The van der Waals surface area contributed by atoms with Gasteiger partial charge in [0.05, 0.1) is 11.0 Å². The van der Waals surface area contributed by atoms with Gasteiger partial charge in [0, 0.05) is 5.57 Å². The van der Waals surface area contributed by atoms with E-state index in [0.717, 1.165) is 12.2 Å². The third-order valence-corrected chi connectivity index (χ3v) is 2.34. The molecular formula is C7H7N3O6. The molecule has 9 heteroatoms. The minimum absolute atomic E-state index is 0.185. The Hall–Kier alpha value is -2.32. The van der Waals surface area contributed by atoms with Crippen LogP contribution in [0.4, 0.5) is 0 Å². The molecule has 1 rings (SSSR count). The minimum Gasteiger partial charge on any atom is -0.259 e. The second-order valence-corrected chi connectivity index (χ2v) is 3.29. The molecular weight excluding hydrogens is 222 g/mol. The van der Waals surface area contributed by atoms with Gasteiger partial charge in [0.1, 0.15) is 9.85 Å². The van der Waals surface area contributed by atoms with Crippen molar-refractivity contribution in [1.29, 1.82) is 0 Å². The highest BCUT2D eigenvalue weighted by Gasteiger charge is 2.58. The third kappa shape index (κ3) is 1.62. The number of rotatable bonds is 3. The predicted molar refractivity (Wildman–Crippen MR) is 50.2 cm³/mol. The van der Waals surface area contributed by atoms with Crippen molar-refractivity contribution in [3.05, 3.63) is 53.8 Å². The van der Waals surface area contributed by atoms with E-state index < -0.39 is 32.6 Å². The molecule has 0 radical (unpaired) electrons. The van der Waals surface area contributed by atoms with Crippen LogP contribution in [0.5, 0.6) is 0 Å². The van der Waals surface area contributed by atoms with Crippen LogP contribution in [0.3, 0.4) is 0 Å². The lowest BCUT2D eigenvalue weighted by Crippen LogP contribution is -2.46. The van der Waals surface area contributed by atoms with Crippen LogP contribution in [0.15, 0.2) is 23.4 Å². The Balaban J connectivity index is 3.26. The monoisotopic (exact) mass is 229 g/mol. The molecule has 0 aromatic rings. The van der Waals surface area contributed by atoms with Gasteiger partial charge >= 0.3 is 5.66 Å². The molecule has 9 nitrogen and oxygen atoms in total. The van der Waals surface area contributed by atoms with Gasteiger partial charge in [-0.1, -0.05) is 0 Å². The van der Waals surface area contributed by atoms with Gasteiger partial charge < -0.3 is 0 Å². The summed E-state index contributed by atoms with van der Waals surface area (Å²) in [7, 11) is 0. The Morgan fingerprint density at radius 1 is 1.19 bits per heavy atom. The highest BCUT2D eigenvalue weighted by Crippen LogP contribution is 2.30. The third-order valence-electron chi connectivity index (χ3n) is 2.34. The zero-order valence-electron chi connectivity index (χ0n) is 8.15. The lowest BCUT2D eigenvalue weighted by Gasteiger charge is -2.15. The topological polar surface area (TPSA) is 129 Å². The second-order valence-electron chi connectivity index (χ2n) is 3.29. The Bertz CT molecular complexity index is 423. The van der Waals surface area contributed by atoms with Gasteiger partial charge in [-0.3, -0.25) is 30.3 Å². The first-order valence-corrected chi connectivity index (χ1v) is 4.13. The van der Waals surface area contributed by atoms with E-state index in [1.165, 1.54) is 6.92 Å². The van der Waals surface area contributed by atoms with Crippen LogP contribution in [-0.4, -0.2) is 20.4 Å². The second kappa shape index (κ2) is 3.68. The largest absolute Gasteiger partial charge is 0.488 e. The van der Waals surface area contributed by atoms with Gasteiger partial charge in [-0.25, -0.2) is 0 Å². The molecule has 0 amide bonds. The van der Waals surface area contributed by atoms with Gasteiger partial charge in [0.25, 0.3) is 5.70 Å². The zero-order valence-corrected chi connectivity index (χ0v) is 8.15. The summed E-state index contributed by atoms with van der Waals surface area (Å²) in [5, 5.41) is 31.9. The summed E-state index contributed by atoms with van der Waals surface area (Å²) in [6.45, 7) is 1.37. The van der Waals surface area contributed by atoms with Gasteiger partial charge in [-0.2, -0.15) is 0 Å². The van der Waals surface area contributed by atoms with Crippen molar-refractivity contribution in [3.63, 3.8) is 0 Å². The number of hydrogen-bond acceptors (Lipinski definition) is 6. The molecule has 0 aromatic carbocycles. The van der Waals surface area contributed by atoms with E-state index in [4.69, 9.17) is 0 Å². The van der Waals surface area contributed by atoms with Crippen LogP contribution in [0.25, 0.3) is 0 Å². The molecule has 0 N–H and O–H groups in total.